The third-order valence-electron chi connectivity index (χ3n) is 12.0. The number of hydrogen-bond acceptors (Lipinski definition) is 1. The molecule has 12 rings (SSSR count). The van der Waals surface area contributed by atoms with Crippen LogP contribution in [-0.4, -0.2) is 0 Å². The highest BCUT2D eigenvalue weighted by Gasteiger charge is 2.19. The Hall–Kier alpha value is -7.06. The maximum atomic E-state index is 2.41. The first kappa shape index (κ1) is 32.2. The number of rotatable bonds is 4. The fourth-order valence-electron chi connectivity index (χ4n) is 9.51. The predicted molar refractivity (Wildman–Crippen MR) is 249 cm³/mol. The van der Waals surface area contributed by atoms with Crippen molar-refractivity contribution in [3.05, 3.63) is 206 Å². The highest BCUT2D eigenvalue weighted by atomic mass is 32.1. The molecule has 0 bridgehead atoms. The van der Waals surface area contributed by atoms with Crippen molar-refractivity contribution in [3.8, 4) is 44.5 Å². The Kier molecular flexibility index (Phi) is 7.20. The van der Waals surface area contributed by atoms with Crippen molar-refractivity contribution >= 4 is 85.4 Å². The van der Waals surface area contributed by atoms with E-state index in [-0.39, 0.29) is 0 Å². The van der Waals surface area contributed by atoms with Gasteiger partial charge in [-0.1, -0.05) is 188 Å². The summed E-state index contributed by atoms with van der Waals surface area (Å²) >= 11 is 1.92. The molecule has 12 aromatic rings. The normalized spacial score (nSPS) is 11.9. The van der Waals surface area contributed by atoms with Crippen molar-refractivity contribution in [1.29, 1.82) is 0 Å². The van der Waals surface area contributed by atoms with Crippen LogP contribution in [0.5, 0.6) is 0 Å². The predicted octanol–water partition coefficient (Wildman–Crippen LogP) is 16.5. The quantitative estimate of drug-likeness (QED) is 0.125. The fourth-order valence-corrected chi connectivity index (χ4v) is 10.8. The third kappa shape index (κ3) is 4.99. The van der Waals surface area contributed by atoms with Gasteiger partial charge in [-0.05, 0) is 111 Å². The van der Waals surface area contributed by atoms with E-state index in [0.29, 0.717) is 0 Å². The smallest absolute Gasteiger partial charge is 0.0440 e. The second-order valence-electron chi connectivity index (χ2n) is 15.1. The molecule has 57 heavy (non-hydrogen) atoms. The van der Waals surface area contributed by atoms with Gasteiger partial charge >= 0.3 is 0 Å². The fraction of sp³-hybridized carbons (Fsp3) is 0. The highest BCUT2D eigenvalue weighted by molar-refractivity contribution is 7.27. The van der Waals surface area contributed by atoms with Gasteiger partial charge in [-0.2, -0.15) is 0 Å². The first-order valence-electron chi connectivity index (χ1n) is 19.7. The molecule has 1 heterocycles. The zero-order valence-corrected chi connectivity index (χ0v) is 31.9. The number of benzene rings is 11. The van der Waals surface area contributed by atoms with Crippen molar-refractivity contribution in [1.82, 2.24) is 0 Å². The molecule has 11 aromatic carbocycles. The molecule has 0 aliphatic rings. The largest absolute Gasteiger partial charge is 0.134 e. The molecule has 1 aromatic heterocycles. The Morgan fingerprint density at radius 3 is 1.39 bits per heavy atom. The lowest BCUT2D eigenvalue weighted by molar-refractivity contribution is 1.62. The molecule has 0 saturated carbocycles. The van der Waals surface area contributed by atoms with Gasteiger partial charge in [0.05, 0.1) is 0 Å². The minimum absolute atomic E-state index is 1.22. The van der Waals surface area contributed by atoms with Crippen molar-refractivity contribution in [2.45, 2.75) is 0 Å². The summed E-state index contributed by atoms with van der Waals surface area (Å²) in [6.45, 7) is 0. The maximum Gasteiger partial charge on any atom is 0.0440 e. The van der Waals surface area contributed by atoms with E-state index in [9.17, 15) is 0 Å². The van der Waals surface area contributed by atoms with Crippen LogP contribution in [0.2, 0.25) is 0 Å². The molecule has 0 nitrogen and oxygen atoms in total. The van der Waals surface area contributed by atoms with Crippen LogP contribution in [0.25, 0.3) is 119 Å². The number of fused-ring (bicyclic) bond motifs is 11. The minimum Gasteiger partial charge on any atom is -0.134 e. The maximum absolute atomic E-state index is 2.41. The van der Waals surface area contributed by atoms with E-state index in [1.165, 1.54) is 119 Å². The van der Waals surface area contributed by atoms with Gasteiger partial charge in [0, 0.05) is 25.6 Å². The Bertz CT molecular complexity index is 3520. The van der Waals surface area contributed by atoms with Gasteiger partial charge in [0.25, 0.3) is 0 Å². The van der Waals surface area contributed by atoms with E-state index in [4.69, 9.17) is 0 Å². The number of hydrogen-bond donors (Lipinski definition) is 0. The molecule has 264 valence electrons. The van der Waals surface area contributed by atoms with Crippen LogP contribution in [0, 0.1) is 0 Å². The summed E-state index contributed by atoms with van der Waals surface area (Å²) in [6.07, 6.45) is 0. The van der Waals surface area contributed by atoms with Crippen molar-refractivity contribution in [2.24, 2.45) is 0 Å². The van der Waals surface area contributed by atoms with Gasteiger partial charge in [0.1, 0.15) is 0 Å². The lowest BCUT2D eigenvalue weighted by atomic mass is 9.85. The zero-order valence-electron chi connectivity index (χ0n) is 31.0. The van der Waals surface area contributed by atoms with Crippen LogP contribution in [0.15, 0.2) is 206 Å². The molecule has 0 fully saturated rings. The summed E-state index contributed by atoms with van der Waals surface area (Å²) in [7, 11) is 0. The summed E-state index contributed by atoms with van der Waals surface area (Å²) in [6, 6.07) is 76.4. The van der Waals surface area contributed by atoms with E-state index < -0.39 is 0 Å². The molecule has 0 saturated heterocycles. The standard InChI is InChI=1S/C56H34S/c1-2-20-41-35(14-1)15-13-29-42(41)38-17-12-19-40(33-38)54-48-26-8-6-24-46(48)53(47-25-7-9-27-49(47)54)39-18-11-16-36(32-39)37-30-31-51-52(34-37)57-56-50-28-10-4-22-44(50)43-21-3-5-23-45(43)55(51)56/h1-34H. The van der Waals surface area contributed by atoms with Gasteiger partial charge in [0.2, 0.25) is 0 Å². The highest BCUT2D eigenvalue weighted by Crippen LogP contribution is 2.47. The molecular formula is C56H34S. The Balaban J connectivity index is 1.03. The zero-order chi connectivity index (χ0) is 37.5. The minimum atomic E-state index is 1.22. The lowest BCUT2D eigenvalue weighted by Gasteiger charge is -2.19. The molecule has 0 aliphatic heterocycles. The van der Waals surface area contributed by atoms with E-state index in [2.05, 4.69) is 206 Å². The average molecular weight is 739 g/mol. The summed E-state index contributed by atoms with van der Waals surface area (Å²) in [5, 5.41) is 15.6. The summed E-state index contributed by atoms with van der Waals surface area (Å²) in [5.74, 6) is 0. The summed E-state index contributed by atoms with van der Waals surface area (Å²) in [4.78, 5) is 0. The Labute approximate surface area is 334 Å². The van der Waals surface area contributed by atoms with Crippen molar-refractivity contribution in [2.75, 3.05) is 0 Å². The second-order valence-corrected chi connectivity index (χ2v) is 16.2. The first-order chi connectivity index (χ1) is 28.3. The van der Waals surface area contributed by atoms with Crippen LogP contribution >= 0.6 is 11.3 Å². The van der Waals surface area contributed by atoms with Gasteiger partial charge in [-0.3, -0.25) is 0 Å². The van der Waals surface area contributed by atoms with Crippen LogP contribution < -0.4 is 0 Å². The van der Waals surface area contributed by atoms with Crippen molar-refractivity contribution < 1.29 is 0 Å². The van der Waals surface area contributed by atoms with Crippen molar-refractivity contribution in [3.63, 3.8) is 0 Å². The average Bonchev–Trinajstić information content (AvgIpc) is 3.68. The lowest BCUT2D eigenvalue weighted by Crippen LogP contribution is -1.91. The van der Waals surface area contributed by atoms with Crippen LogP contribution in [0.3, 0.4) is 0 Å². The SMILES string of the molecule is c1cc(-c2ccc3c(c2)sc2c4ccccc4c4ccccc4c32)cc(-c2c3ccccc3c(-c3cccc(-c4cccc5ccccc45)c3)c3ccccc23)c1. The Morgan fingerprint density at radius 2 is 0.719 bits per heavy atom. The van der Waals surface area contributed by atoms with Crippen LogP contribution in [0.4, 0.5) is 0 Å². The van der Waals surface area contributed by atoms with E-state index in [1.807, 2.05) is 11.3 Å². The van der Waals surface area contributed by atoms with E-state index >= 15 is 0 Å². The molecule has 0 unspecified atom stereocenters. The van der Waals surface area contributed by atoms with Gasteiger partial charge in [-0.15, -0.1) is 11.3 Å². The summed E-state index contributed by atoms with van der Waals surface area (Å²) < 4.78 is 2.69. The molecule has 0 atom stereocenters. The third-order valence-corrected chi connectivity index (χ3v) is 13.2. The molecular weight excluding hydrogens is 705 g/mol. The topological polar surface area (TPSA) is 0 Å². The molecule has 0 N–H and O–H groups in total. The molecule has 0 radical (unpaired) electrons. The summed E-state index contributed by atoms with van der Waals surface area (Å²) in [5.41, 5.74) is 9.95. The van der Waals surface area contributed by atoms with Gasteiger partial charge in [-0.25, -0.2) is 0 Å². The molecule has 0 spiro atoms. The first-order valence-corrected chi connectivity index (χ1v) is 20.5. The number of thiophene rings is 1. The van der Waals surface area contributed by atoms with E-state index in [1.54, 1.807) is 0 Å². The van der Waals surface area contributed by atoms with Gasteiger partial charge < -0.3 is 0 Å². The van der Waals surface area contributed by atoms with E-state index in [0.717, 1.165) is 0 Å². The molecule has 0 amide bonds. The van der Waals surface area contributed by atoms with Crippen LogP contribution in [-0.2, 0) is 0 Å². The monoisotopic (exact) mass is 738 g/mol. The Morgan fingerprint density at radius 1 is 0.263 bits per heavy atom. The molecule has 0 aliphatic carbocycles. The second kappa shape index (κ2) is 12.7. The van der Waals surface area contributed by atoms with Crippen LogP contribution in [0.1, 0.15) is 0 Å². The van der Waals surface area contributed by atoms with Gasteiger partial charge in [0.15, 0.2) is 0 Å². The molecule has 1 heteroatoms.